The maximum Gasteiger partial charge on any atom is 0.106 e. The van der Waals surface area contributed by atoms with E-state index in [2.05, 4.69) is 22.5 Å². The average molecular weight is 229 g/mol. The van der Waals surface area contributed by atoms with Gasteiger partial charge in [0.25, 0.3) is 0 Å². The zero-order valence-corrected chi connectivity index (χ0v) is 8.22. The van der Waals surface area contributed by atoms with Gasteiger partial charge in [-0.2, -0.15) is 0 Å². The van der Waals surface area contributed by atoms with Gasteiger partial charge < -0.3 is 0 Å². The van der Waals surface area contributed by atoms with Crippen LogP contribution in [-0.2, 0) is 0 Å². The number of hydrogen-bond acceptors (Lipinski definition) is 0. The fraction of sp³-hybridized carbons (Fsp3) is 0.200. The molecule has 0 N–H and O–H groups in total. The molecule has 0 aliphatic rings. The first-order chi connectivity index (χ1) is 5.77. The lowest BCUT2D eigenvalue weighted by atomic mass is 10.1. The van der Waals surface area contributed by atoms with Crippen molar-refractivity contribution in [2.24, 2.45) is 0 Å². The van der Waals surface area contributed by atoms with Gasteiger partial charge >= 0.3 is 0 Å². The van der Waals surface area contributed by atoms with Crippen molar-refractivity contribution in [3.05, 3.63) is 42.0 Å². The standard InChI is InChI=1S/C10H10BrF/c1-2-8-3-5-9(6-4-8)10(11)7-12/h2-6,10H,1,7H2. The van der Waals surface area contributed by atoms with Gasteiger partial charge in [0.1, 0.15) is 6.67 Å². The van der Waals surface area contributed by atoms with Crippen LogP contribution in [-0.4, -0.2) is 6.67 Å². The largest absolute Gasteiger partial charge is 0.250 e. The highest BCUT2D eigenvalue weighted by Crippen LogP contribution is 2.23. The summed E-state index contributed by atoms with van der Waals surface area (Å²) >= 11 is 3.23. The quantitative estimate of drug-likeness (QED) is 0.692. The minimum Gasteiger partial charge on any atom is -0.250 e. The molecule has 1 aromatic rings. The summed E-state index contributed by atoms with van der Waals surface area (Å²) in [4.78, 5) is -0.184. The summed E-state index contributed by atoms with van der Waals surface area (Å²) in [5.41, 5.74) is 2.01. The average Bonchev–Trinajstić information content (AvgIpc) is 2.17. The van der Waals surface area contributed by atoms with Crippen molar-refractivity contribution < 1.29 is 4.39 Å². The summed E-state index contributed by atoms with van der Waals surface area (Å²) in [6, 6.07) is 7.64. The van der Waals surface area contributed by atoms with E-state index in [9.17, 15) is 4.39 Å². The van der Waals surface area contributed by atoms with E-state index in [1.807, 2.05) is 24.3 Å². The summed E-state index contributed by atoms with van der Waals surface area (Å²) in [6.45, 7) is 3.26. The van der Waals surface area contributed by atoms with Crippen LogP contribution >= 0.6 is 15.9 Å². The topological polar surface area (TPSA) is 0 Å². The van der Waals surface area contributed by atoms with Gasteiger partial charge in [0.2, 0.25) is 0 Å². The zero-order valence-electron chi connectivity index (χ0n) is 6.63. The molecule has 0 amide bonds. The van der Waals surface area contributed by atoms with Crippen LogP contribution in [0.2, 0.25) is 0 Å². The number of hydrogen-bond donors (Lipinski definition) is 0. The molecule has 0 saturated heterocycles. The predicted octanol–water partition coefficient (Wildman–Crippen LogP) is 3.74. The van der Waals surface area contributed by atoms with Gasteiger partial charge in [0.15, 0.2) is 0 Å². The van der Waals surface area contributed by atoms with Crippen LogP contribution in [0.25, 0.3) is 6.08 Å². The van der Waals surface area contributed by atoms with Crippen LogP contribution in [0.3, 0.4) is 0 Å². The SMILES string of the molecule is C=Cc1ccc(C(Br)CF)cc1. The second-order valence-electron chi connectivity index (χ2n) is 2.49. The molecule has 0 radical (unpaired) electrons. The van der Waals surface area contributed by atoms with E-state index in [-0.39, 0.29) is 11.5 Å². The van der Waals surface area contributed by atoms with Gasteiger partial charge in [0, 0.05) is 0 Å². The normalized spacial score (nSPS) is 12.5. The number of rotatable bonds is 3. The van der Waals surface area contributed by atoms with Gasteiger partial charge in [0.05, 0.1) is 4.83 Å². The van der Waals surface area contributed by atoms with Crippen molar-refractivity contribution >= 4 is 22.0 Å². The first kappa shape index (κ1) is 9.46. The first-order valence-corrected chi connectivity index (χ1v) is 4.62. The second-order valence-corrected chi connectivity index (χ2v) is 3.60. The highest BCUT2D eigenvalue weighted by atomic mass is 79.9. The van der Waals surface area contributed by atoms with Crippen LogP contribution in [0.4, 0.5) is 4.39 Å². The molecule has 0 spiro atoms. The molecule has 0 aliphatic carbocycles. The zero-order chi connectivity index (χ0) is 8.97. The minimum atomic E-state index is -0.382. The fourth-order valence-electron chi connectivity index (χ4n) is 0.930. The van der Waals surface area contributed by atoms with Crippen LogP contribution < -0.4 is 0 Å². The summed E-state index contributed by atoms with van der Waals surface area (Å²) < 4.78 is 12.2. The lowest BCUT2D eigenvalue weighted by Crippen LogP contribution is -1.90. The summed E-state index contributed by atoms with van der Waals surface area (Å²) in [6.07, 6.45) is 1.77. The smallest absolute Gasteiger partial charge is 0.106 e. The highest BCUT2D eigenvalue weighted by molar-refractivity contribution is 9.09. The van der Waals surface area contributed by atoms with E-state index in [1.54, 1.807) is 6.08 Å². The lowest BCUT2D eigenvalue weighted by Gasteiger charge is -2.04. The van der Waals surface area contributed by atoms with E-state index in [0.717, 1.165) is 11.1 Å². The van der Waals surface area contributed by atoms with Gasteiger partial charge in [-0.25, -0.2) is 4.39 Å². The van der Waals surface area contributed by atoms with Gasteiger partial charge in [-0.1, -0.05) is 52.9 Å². The van der Waals surface area contributed by atoms with Gasteiger partial charge in [-0.3, -0.25) is 0 Å². The molecule has 1 aromatic carbocycles. The Hall–Kier alpha value is -0.630. The molecule has 1 atom stereocenters. The molecule has 0 fully saturated rings. The van der Waals surface area contributed by atoms with E-state index in [4.69, 9.17) is 0 Å². The monoisotopic (exact) mass is 228 g/mol. The molecule has 1 unspecified atom stereocenters. The maximum atomic E-state index is 12.2. The third kappa shape index (κ3) is 2.18. The van der Waals surface area contributed by atoms with Crippen LogP contribution in [0.15, 0.2) is 30.8 Å². The van der Waals surface area contributed by atoms with Crippen molar-refractivity contribution in [2.45, 2.75) is 4.83 Å². The Kier molecular flexibility index (Phi) is 3.48. The second kappa shape index (κ2) is 4.41. The Morgan fingerprint density at radius 2 is 2.00 bits per heavy atom. The van der Waals surface area contributed by atoms with Crippen molar-refractivity contribution in [1.29, 1.82) is 0 Å². The lowest BCUT2D eigenvalue weighted by molar-refractivity contribution is 0.493. The van der Waals surface area contributed by atoms with Gasteiger partial charge in [-0.15, -0.1) is 0 Å². The molecule has 0 heterocycles. The maximum absolute atomic E-state index is 12.2. The van der Waals surface area contributed by atoms with E-state index < -0.39 is 0 Å². The molecule has 0 aromatic heterocycles. The molecule has 0 nitrogen and oxygen atoms in total. The van der Waals surface area contributed by atoms with Crippen molar-refractivity contribution in [2.75, 3.05) is 6.67 Å². The Morgan fingerprint density at radius 1 is 1.42 bits per heavy atom. The van der Waals surface area contributed by atoms with Crippen LogP contribution in [0.5, 0.6) is 0 Å². The molecule has 64 valence electrons. The van der Waals surface area contributed by atoms with Gasteiger partial charge in [-0.05, 0) is 11.1 Å². The predicted molar refractivity (Wildman–Crippen MR) is 54.2 cm³/mol. The Balaban J connectivity index is 2.84. The van der Waals surface area contributed by atoms with Crippen LogP contribution in [0, 0.1) is 0 Å². The van der Waals surface area contributed by atoms with Crippen molar-refractivity contribution in [3.8, 4) is 0 Å². The summed E-state index contributed by atoms with van der Waals surface area (Å²) in [7, 11) is 0. The molecular formula is C10H10BrF. The van der Waals surface area contributed by atoms with Crippen molar-refractivity contribution in [1.82, 2.24) is 0 Å². The van der Waals surface area contributed by atoms with E-state index in [1.165, 1.54) is 0 Å². The Bertz CT molecular complexity index is 253. The Labute approximate surface area is 80.2 Å². The summed E-state index contributed by atoms with van der Waals surface area (Å²) in [5.74, 6) is 0. The number of alkyl halides is 2. The molecule has 0 bridgehead atoms. The molecule has 2 heteroatoms. The van der Waals surface area contributed by atoms with E-state index >= 15 is 0 Å². The van der Waals surface area contributed by atoms with E-state index in [0.29, 0.717) is 0 Å². The Morgan fingerprint density at radius 3 is 2.42 bits per heavy atom. The third-order valence-corrected chi connectivity index (χ3v) is 2.44. The minimum absolute atomic E-state index is 0.184. The summed E-state index contributed by atoms with van der Waals surface area (Å²) in [5, 5.41) is 0. The molecular weight excluding hydrogens is 219 g/mol. The fourth-order valence-corrected chi connectivity index (χ4v) is 1.24. The number of benzene rings is 1. The highest BCUT2D eigenvalue weighted by Gasteiger charge is 2.04. The first-order valence-electron chi connectivity index (χ1n) is 3.70. The third-order valence-electron chi connectivity index (χ3n) is 1.67. The van der Waals surface area contributed by atoms with Crippen molar-refractivity contribution in [3.63, 3.8) is 0 Å². The molecule has 0 saturated carbocycles. The molecule has 0 aliphatic heterocycles. The number of halogens is 2. The van der Waals surface area contributed by atoms with Crippen LogP contribution in [0.1, 0.15) is 16.0 Å². The molecule has 12 heavy (non-hydrogen) atoms. The molecule has 1 rings (SSSR count).